The zero-order valence-corrected chi connectivity index (χ0v) is 17.1. The van der Waals surface area contributed by atoms with Crippen LogP contribution < -0.4 is 10.1 Å². The van der Waals surface area contributed by atoms with Gasteiger partial charge in [0.25, 0.3) is 0 Å². The highest BCUT2D eigenvalue weighted by Crippen LogP contribution is 2.32. The first-order valence-electron chi connectivity index (χ1n) is 10.2. The lowest BCUT2D eigenvalue weighted by Gasteiger charge is -2.26. The third kappa shape index (κ3) is 3.91. The first-order valence-corrected chi connectivity index (χ1v) is 10.2. The van der Waals surface area contributed by atoms with Crippen molar-refractivity contribution in [2.24, 2.45) is 4.99 Å². The Morgan fingerprint density at radius 3 is 3.00 bits per heavy atom. The molecule has 1 atom stereocenters. The highest BCUT2D eigenvalue weighted by Gasteiger charge is 2.24. The SMILES string of the molecule is Cc1cc(C2=NCc3cc(CC(=O)NC4CCOc5cc(F)ccc54)ncc32)ccn1. The molecule has 4 heterocycles. The van der Waals surface area contributed by atoms with Gasteiger partial charge in [-0.2, -0.15) is 0 Å². The van der Waals surface area contributed by atoms with Gasteiger partial charge < -0.3 is 10.1 Å². The van der Waals surface area contributed by atoms with E-state index in [0.29, 0.717) is 31.0 Å². The topological polar surface area (TPSA) is 76.5 Å². The van der Waals surface area contributed by atoms with Crippen molar-refractivity contribution in [3.05, 3.63) is 88.3 Å². The average Bonchev–Trinajstić information content (AvgIpc) is 3.17. The van der Waals surface area contributed by atoms with Gasteiger partial charge >= 0.3 is 0 Å². The Morgan fingerprint density at radius 1 is 1.23 bits per heavy atom. The van der Waals surface area contributed by atoms with E-state index in [0.717, 1.165) is 33.7 Å². The number of ether oxygens (including phenoxy) is 1. The van der Waals surface area contributed by atoms with Gasteiger partial charge in [-0.3, -0.25) is 19.8 Å². The van der Waals surface area contributed by atoms with Gasteiger partial charge in [0.1, 0.15) is 11.6 Å². The first-order chi connectivity index (χ1) is 15.1. The van der Waals surface area contributed by atoms with Crippen LogP contribution >= 0.6 is 0 Å². The van der Waals surface area contributed by atoms with E-state index >= 15 is 0 Å². The lowest BCUT2D eigenvalue weighted by atomic mass is 9.99. The van der Waals surface area contributed by atoms with Crippen molar-refractivity contribution in [2.45, 2.75) is 32.4 Å². The van der Waals surface area contributed by atoms with E-state index in [1.807, 2.05) is 25.1 Å². The summed E-state index contributed by atoms with van der Waals surface area (Å²) in [6, 6.07) is 10.1. The minimum atomic E-state index is -0.350. The molecule has 2 aliphatic heterocycles. The molecule has 7 heteroatoms. The fourth-order valence-electron chi connectivity index (χ4n) is 4.10. The molecule has 6 nitrogen and oxygen atoms in total. The minimum absolute atomic E-state index is 0.126. The standard InChI is InChI=1S/C24H21FN4O2/c1-14-8-15(4-6-26-14)24-20-13-27-18(9-16(20)12-28-24)11-23(30)29-21-5-7-31-22-10-17(25)2-3-19(21)22/h2-4,6,8-10,13,21H,5,7,11-12H2,1H3,(H,29,30). The zero-order valence-electron chi connectivity index (χ0n) is 17.1. The predicted octanol–water partition coefficient (Wildman–Crippen LogP) is 3.46. The Hall–Kier alpha value is -3.61. The van der Waals surface area contributed by atoms with Crippen LogP contribution in [0.4, 0.5) is 4.39 Å². The molecule has 1 N–H and O–H groups in total. The third-order valence-electron chi connectivity index (χ3n) is 5.57. The highest BCUT2D eigenvalue weighted by atomic mass is 19.1. The van der Waals surface area contributed by atoms with Gasteiger partial charge in [0.05, 0.1) is 37.0 Å². The third-order valence-corrected chi connectivity index (χ3v) is 5.57. The van der Waals surface area contributed by atoms with E-state index in [-0.39, 0.29) is 24.2 Å². The fourth-order valence-corrected chi connectivity index (χ4v) is 4.10. The summed E-state index contributed by atoms with van der Waals surface area (Å²) in [5.41, 5.74) is 6.43. The van der Waals surface area contributed by atoms with Crippen LogP contribution in [0.1, 0.15) is 46.1 Å². The second-order valence-corrected chi connectivity index (χ2v) is 7.80. The number of carbonyl (C=O) groups is 1. The molecule has 5 rings (SSSR count). The molecule has 0 saturated carbocycles. The maximum Gasteiger partial charge on any atom is 0.226 e. The van der Waals surface area contributed by atoms with Crippen molar-refractivity contribution in [3.8, 4) is 5.75 Å². The fraction of sp³-hybridized carbons (Fsp3) is 0.250. The van der Waals surface area contributed by atoms with Gasteiger partial charge in [-0.1, -0.05) is 6.07 Å². The molecule has 2 aliphatic rings. The largest absolute Gasteiger partial charge is 0.493 e. The lowest BCUT2D eigenvalue weighted by molar-refractivity contribution is -0.121. The first kappa shape index (κ1) is 19.4. The Bertz CT molecular complexity index is 1210. The Morgan fingerprint density at radius 2 is 2.13 bits per heavy atom. The number of aromatic nitrogens is 2. The molecule has 1 amide bonds. The van der Waals surface area contributed by atoms with Crippen LogP contribution in [0.5, 0.6) is 5.75 Å². The molecule has 0 fully saturated rings. The van der Waals surface area contributed by atoms with Crippen molar-refractivity contribution in [1.29, 1.82) is 0 Å². The van der Waals surface area contributed by atoms with E-state index in [4.69, 9.17) is 4.74 Å². The molecular weight excluding hydrogens is 395 g/mol. The van der Waals surface area contributed by atoms with Crippen molar-refractivity contribution < 1.29 is 13.9 Å². The smallest absolute Gasteiger partial charge is 0.226 e. The molecule has 0 bridgehead atoms. The van der Waals surface area contributed by atoms with Crippen LogP contribution in [0, 0.1) is 12.7 Å². The summed E-state index contributed by atoms with van der Waals surface area (Å²) >= 11 is 0. The summed E-state index contributed by atoms with van der Waals surface area (Å²) in [5, 5.41) is 3.03. The molecule has 0 saturated heterocycles. The number of fused-ring (bicyclic) bond motifs is 2. The van der Waals surface area contributed by atoms with E-state index in [2.05, 4.69) is 20.3 Å². The molecule has 156 valence electrons. The zero-order chi connectivity index (χ0) is 21.4. The van der Waals surface area contributed by atoms with Crippen molar-refractivity contribution in [3.63, 3.8) is 0 Å². The number of nitrogens with one attached hydrogen (secondary N) is 1. The van der Waals surface area contributed by atoms with E-state index in [1.54, 1.807) is 18.5 Å². The van der Waals surface area contributed by atoms with Crippen LogP contribution in [0.15, 0.2) is 53.8 Å². The quantitative estimate of drug-likeness (QED) is 0.707. The number of rotatable bonds is 4. The number of amides is 1. The normalized spacial score (nSPS) is 16.7. The summed E-state index contributed by atoms with van der Waals surface area (Å²) in [5.74, 6) is 0.0123. The number of halogens is 1. The minimum Gasteiger partial charge on any atom is -0.493 e. The van der Waals surface area contributed by atoms with Crippen LogP contribution in [0.3, 0.4) is 0 Å². The Kier molecular flexibility index (Phi) is 4.94. The van der Waals surface area contributed by atoms with Gasteiger partial charge in [-0.15, -0.1) is 0 Å². The molecule has 2 aromatic heterocycles. The van der Waals surface area contributed by atoms with E-state index in [1.165, 1.54) is 12.1 Å². The summed E-state index contributed by atoms with van der Waals surface area (Å²) in [6.45, 7) is 2.96. The van der Waals surface area contributed by atoms with Crippen LogP contribution in [-0.4, -0.2) is 28.2 Å². The van der Waals surface area contributed by atoms with Gasteiger partial charge in [0.15, 0.2) is 0 Å². The van der Waals surface area contributed by atoms with Crippen LogP contribution in [0.25, 0.3) is 0 Å². The predicted molar refractivity (Wildman–Crippen MR) is 114 cm³/mol. The number of aliphatic imine (C=N–C) groups is 1. The molecule has 1 aromatic carbocycles. The van der Waals surface area contributed by atoms with Crippen LogP contribution in [-0.2, 0) is 17.8 Å². The van der Waals surface area contributed by atoms with Crippen molar-refractivity contribution >= 4 is 11.6 Å². The number of hydrogen-bond donors (Lipinski definition) is 1. The maximum atomic E-state index is 13.4. The summed E-state index contributed by atoms with van der Waals surface area (Å²) in [6.07, 6.45) is 4.39. The molecule has 31 heavy (non-hydrogen) atoms. The average molecular weight is 416 g/mol. The number of nitrogens with zero attached hydrogens (tertiary/aromatic N) is 3. The number of carbonyl (C=O) groups excluding carboxylic acids is 1. The number of aryl methyl sites for hydroxylation is 1. The van der Waals surface area contributed by atoms with Gasteiger partial charge in [0.2, 0.25) is 5.91 Å². The summed E-state index contributed by atoms with van der Waals surface area (Å²) < 4.78 is 19.0. The molecular formula is C24H21FN4O2. The number of pyridine rings is 2. The highest BCUT2D eigenvalue weighted by molar-refractivity contribution is 6.15. The molecule has 0 aliphatic carbocycles. The van der Waals surface area contributed by atoms with Crippen molar-refractivity contribution in [2.75, 3.05) is 6.61 Å². The van der Waals surface area contributed by atoms with Gasteiger partial charge in [-0.05, 0) is 36.8 Å². The maximum absolute atomic E-state index is 13.4. The summed E-state index contributed by atoms with van der Waals surface area (Å²) in [7, 11) is 0. The van der Waals surface area contributed by atoms with E-state index < -0.39 is 0 Å². The molecule has 1 unspecified atom stereocenters. The van der Waals surface area contributed by atoms with Gasteiger partial charge in [0, 0.05) is 47.3 Å². The van der Waals surface area contributed by atoms with E-state index in [9.17, 15) is 9.18 Å². The van der Waals surface area contributed by atoms with Crippen molar-refractivity contribution in [1.82, 2.24) is 15.3 Å². The second kappa shape index (κ2) is 7.91. The summed E-state index contributed by atoms with van der Waals surface area (Å²) in [4.78, 5) is 26.1. The monoisotopic (exact) mass is 416 g/mol. The lowest BCUT2D eigenvalue weighted by Crippen LogP contribution is -2.33. The Labute approximate surface area is 179 Å². The number of hydrogen-bond acceptors (Lipinski definition) is 5. The number of benzene rings is 1. The van der Waals surface area contributed by atoms with Crippen LogP contribution in [0.2, 0.25) is 0 Å². The molecule has 3 aromatic rings. The van der Waals surface area contributed by atoms with Gasteiger partial charge in [-0.25, -0.2) is 4.39 Å². The molecule has 0 radical (unpaired) electrons. The second-order valence-electron chi connectivity index (χ2n) is 7.80. The molecule has 0 spiro atoms. The Balaban J connectivity index is 1.29.